The summed E-state index contributed by atoms with van der Waals surface area (Å²) >= 11 is 12.2. The number of para-hydroxylation sites is 1. The maximum absolute atomic E-state index is 12.4. The maximum Gasteiger partial charge on any atom is 0.265 e. The summed E-state index contributed by atoms with van der Waals surface area (Å²) in [5.74, 6) is -0.226. The monoisotopic (exact) mass is 337 g/mol. The van der Waals surface area contributed by atoms with Crippen LogP contribution in [0.1, 0.15) is 5.56 Å². The van der Waals surface area contributed by atoms with E-state index in [1.807, 2.05) is 0 Å². The van der Waals surface area contributed by atoms with Crippen LogP contribution in [-0.4, -0.2) is 22.2 Å². The molecule has 0 saturated carbocycles. The third-order valence-corrected chi connectivity index (χ3v) is 4.83. The van der Waals surface area contributed by atoms with Crippen molar-refractivity contribution >= 4 is 62.9 Å². The van der Waals surface area contributed by atoms with Gasteiger partial charge >= 0.3 is 0 Å². The number of benzene rings is 1. The van der Waals surface area contributed by atoms with Crippen LogP contribution in [0.4, 0.5) is 0 Å². The number of hydrogen-bond acceptors (Lipinski definition) is 5. The van der Waals surface area contributed by atoms with E-state index in [1.54, 1.807) is 25.2 Å². The zero-order valence-electron chi connectivity index (χ0n) is 10.8. The van der Waals surface area contributed by atoms with Crippen molar-refractivity contribution in [3.8, 4) is 0 Å². The number of likely N-dealkylation sites (N-methyl/N-ethyl adjacent to an activating group) is 1. The van der Waals surface area contributed by atoms with Crippen LogP contribution in [-0.2, 0) is 4.79 Å². The smallest absolute Gasteiger partial charge is 0.265 e. The molecule has 3 rings (SSSR count). The first-order chi connectivity index (χ1) is 9.99. The van der Waals surface area contributed by atoms with E-state index in [1.165, 1.54) is 17.2 Å². The van der Waals surface area contributed by atoms with E-state index < -0.39 is 0 Å². The zero-order valence-corrected chi connectivity index (χ0v) is 13.1. The molecular weight excluding hydrogens is 330 g/mol. The van der Waals surface area contributed by atoms with Crippen LogP contribution in [0.25, 0.3) is 17.0 Å². The van der Waals surface area contributed by atoms with Gasteiger partial charge in [-0.25, -0.2) is 0 Å². The van der Waals surface area contributed by atoms with Gasteiger partial charge in [0.25, 0.3) is 5.91 Å². The third-order valence-electron chi connectivity index (χ3n) is 3.05. The van der Waals surface area contributed by atoms with Crippen molar-refractivity contribution in [3.63, 3.8) is 0 Å². The van der Waals surface area contributed by atoms with Crippen LogP contribution in [0.5, 0.6) is 0 Å². The standard InChI is InChI=1S/C14H8ClNO3S2/c1-16-13(18)10(21-14(16)20)5-7-6-19-12-8(11(7)17)3-2-4-9(12)15/h2-6H,1H3/b10-5-. The highest BCUT2D eigenvalue weighted by Crippen LogP contribution is 2.31. The largest absolute Gasteiger partial charge is 0.462 e. The number of rotatable bonds is 1. The fraction of sp³-hybridized carbons (Fsp3) is 0.0714. The highest BCUT2D eigenvalue weighted by Gasteiger charge is 2.29. The van der Waals surface area contributed by atoms with Gasteiger partial charge in [0.1, 0.15) is 10.6 Å². The molecule has 1 aromatic carbocycles. The Morgan fingerprint density at radius 3 is 2.81 bits per heavy atom. The van der Waals surface area contributed by atoms with Gasteiger partial charge in [0.05, 0.1) is 20.9 Å². The van der Waals surface area contributed by atoms with Gasteiger partial charge in [-0.05, 0) is 18.2 Å². The lowest BCUT2D eigenvalue weighted by Gasteiger charge is -2.03. The Hall–Kier alpha value is -1.63. The summed E-state index contributed by atoms with van der Waals surface area (Å²) in [4.78, 5) is 26.1. The summed E-state index contributed by atoms with van der Waals surface area (Å²) in [5, 5.41) is 0.749. The van der Waals surface area contributed by atoms with Crippen molar-refractivity contribution < 1.29 is 9.21 Å². The van der Waals surface area contributed by atoms with E-state index in [2.05, 4.69) is 0 Å². The molecule has 4 nitrogen and oxygen atoms in total. The fourth-order valence-electron chi connectivity index (χ4n) is 1.93. The number of halogens is 1. The quantitative estimate of drug-likeness (QED) is 0.590. The lowest BCUT2D eigenvalue weighted by Crippen LogP contribution is -2.22. The molecule has 0 N–H and O–H groups in total. The van der Waals surface area contributed by atoms with Crippen LogP contribution < -0.4 is 5.43 Å². The topological polar surface area (TPSA) is 50.5 Å². The molecule has 1 aliphatic heterocycles. The normalized spacial score (nSPS) is 17.2. The number of thiocarbonyl (C=S) groups is 1. The Balaban J connectivity index is 2.15. The van der Waals surface area contributed by atoms with Crippen LogP contribution in [0.15, 0.2) is 38.6 Å². The molecule has 0 atom stereocenters. The average Bonchev–Trinajstić information content (AvgIpc) is 2.70. The second kappa shape index (κ2) is 5.29. The van der Waals surface area contributed by atoms with E-state index >= 15 is 0 Å². The third kappa shape index (κ3) is 2.39. The van der Waals surface area contributed by atoms with Crippen molar-refractivity contribution in [3.05, 3.63) is 50.2 Å². The fourth-order valence-corrected chi connectivity index (χ4v) is 3.31. The molecule has 1 fully saturated rings. The van der Waals surface area contributed by atoms with Crippen LogP contribution in [0.2, 0.25) is 5.02 Å². The van der Waals surface area contributed by atoms with Crippen molar-refractivity contribution in [2.24, 2.45) is 0 Å². The number of hydrogen-bond donors (Lipinski definition) is 0. The van der Waals surface area contributed by atoms with Crippen LogP contribution >= 0.6 is 35.6 Å². The first-order valence-electron chi connectivity index (χ1n) is 5.90. The Bertz CT molecular complexity index is 872. The molecule has 106 valence electrons. The molecule has 1 amide bonds. The molecule has 1 saturated heterocycles. The Kier molecular flexibility index (Phi) is 3.61. The summed E-state index contributed by atoms with van der Waals surface area (Å²) in [7, 11) is 1.60. The minimum Gasteiger partial charge on any atom is -0.462 e. The van der Waals surface area contributed by atoms with Gasteiger partial charge in [0.2, 0.25) is 0 Å². The van der Waals surface area contributed by atoms with E-state index in [4.69, 9.17) is 28.2 Å². The molecule has 7 heteroatoms. The van der Waals surface area contributed by atoms with Gasteiger partial charge in [0.15, 0.2) is 11.0 Å². The Morgan fingerprint density at radius 2 is 2.14 bits per heavy atom. The van der Waals surface area contributed by atoms with Crippen molar-refractivity contribution in [2.75, 3.05) is 7.05 Å². The molecule has 2 heterocycles. The average molecular weight is 338 g/mol. The number of carbonyl (C=O) groups excluding carboxylic acids is 1. The SMILES string of the molecule is CN1C(=O)/C(=C/c2coc3c(Cl)cccc3c2=O)SC1=S. The number of thioether (sulfide) groups is 1. The molecule has 2 aromatic rings. The molecule has 21 heavy (non-hydrogen) atoms. The van der Waals surface area contributed by atoms with E-state index in [-0.39, 0.29) is 11.3 Å². The van der Waals surface area contributed by atoms with Gasteiger partial charge in [-0.2, -0.15) is 0 Å². The minimum atomic E-state index is -0.236. The molecule has 0 aliphatic carbocycles. The van der Waals surface area contributed by atoms with Crippen molar-refractivity contribution in [1.82, 2.24) is 4.90 Å². The molecule has 1 aliphatic rings. The van der Waals surface area contributed by atoms with Gasteiger partial charge < -0.3 is 4.42 Å². The predicted molar refractivity (Wildman–Crippen MR) is 88.4 cm³/mol. The molecular formula is C14H8ClNO3S2. The highest BCUT2D eigenvalue weighted by molar-refractivity contribution is 8.26. The van der Waals surface area contributed by atoms with E-state index in [0.717, 1.165) is 11.8 Å². The first kappa shape index (κ1) is 14.3. The summed E-state index contributed by atoms with van der Waals surface area (Å²) in [5.41, 5.74) is 0.392. The van der Waals surface area contributed by atoms with Crippen LogP contribution in [0, 0.1) is 0 Å². The summed E-state index contributed by atoms with van der Waals surface area (Å²) in [6.45, 7) is 0. The molecule has 0 bridgehead atoms. The van der Waals surface area contributed by atoms with Gasteiger partial charge in [-0.1, -0.05) is 41.6 Å². The highest BCUT2D eigenvalue weighted by atomic mass is 35.5. The lowest BCUT2D eigenvalue weighted by molar-refractivity contribution is -0.121. The summed E-state index contributed by atoms with van der Waals surface area (Å²) in [6, 6.07) is 4.96. The van der Waals surface area contributed by atoms with Gasteiger partial charge in [0, 0.05) is 7.05 Å². The number of nitrogens with zero attached hydrogens (tertiary/aromatic N) is 1. The number of fused-ring (bicyclic) bond motifs is 1. The molecule has 0 unspecified atom stereocenters. The molecule has 0 radical (unpaired) electrons. The summed E-state index contributed by atoms with van der Waals surface area (Å²) in [6.07, 6.45) is 2.80. The molecule has 1 aromatic heterocycles. The summed E-state index contributed by atoms with van der Waals surface area (Å²) < 4.78 is 5.87. The zero-order chi connectivity index (χ0) is 15.1. The van der Waals surface area contributed by atoms with Gasteiger partial charge in [-0.3, -0.25) is 14.5 Å². The van der Waals surface area contributed by atoms with E-state index in [9.17, 15) is 9.59 Å². The van der Waals surface area contributed by atoms with Crippen LogP contribution in [0.3, 0.4) is 0 Å². The Labute approximate surface area is 134 Å². The predicted octanol–water partition coefficient (Wildman–Crippen LogP) is 3.28. The number of amides is 1. The maximum atomic E-state index is 12.4. The minimum absolute atomic E-state index is 0.226. The Morgan fingerprint density at radius 1 is 1.38 bits per heavy atom. The second-order valence-electron chi connectivity index (χ2n) is 4.38. The second-order valence-corrected chi connectivity index (χ2v) is 6.46. The number of carbonyl (C=O) groups is 1. The van der Waals surface area contributed by atoms with Crippen molar-refractivity contribution in [1.29, 1.82) is 0 Å². The molecule has 0 spiro atoms. The lowest BCUT2D eigenvalue weighted by atomic mass is 10.1. The van der Waals surface area contributed by atoms with E-state index in [0.29, 0.717) is 30.8 Å². The first-order valence-corrected chi connectivity index (χ1v) is 7.51. The van der Waals surface area contributed by atoms with Gasteiger partial charge in [-0.15, -0.1) is 0 Å². The van der Waals surface area contributed by atoms with Crippen molar-refractivity contribution in [2.45, 2.75) is 0 Å².